The van der Waals surface area contributed by atoms with Crippen molar-refractivity contribution in [2.24, 2.45) is 4.99 Å². The minimum absolute atomic E-state index is 0.00532. The first-order chi connectivity index (χ1) is 41.6. The maximum Gasteiger partial charge on any atom is 0.335 e. The summed E-state index contributed by atoms with van der Waals surface area (Å²) < 4.78 is 35.6. The Morgan fingerprint density at radius 2 is 1.35 bits per heavy atom. The number of ether oxygens (including phenoxy) is 6. The summed E-state index contributed by atoms with van der Waals surface area (Å²) in [5, 5.41) is -0.323. The van der Waals surface area contributed by atoms with Crippen LogP contribution in [0.3, 0.4) is 0 Å². The molecule has 3 atom stereocenters. The van der Waals surface area contributed by atoms with Gasteiger partial charge in [0.15, 0.2) is 11.5 Å². The molecule has 6 amide bonds. The molecule has 6 heterocycles. The number of aryl methyl sites for hydroxylation is 2. The van der Waals surface area contributed by atoms with Crippen LogP contribution in [0.15, 0.2) is 96.0 Å². The van der Waals surface area contributed by atoms with E-state index in [4.69, 9.17) is 38.3 Å². The molecule has 1 unspecified atom stereocenters. The topological polar surface area (TPSA) is 213 Å². The Balaban J connectivity index is 0.863. The lowest BCUT2D eigenvalue weighted by molar-refractivity contribution is -0.197. The third-order valence-electron chi connectivity index (χ3n) is 16.3. The van der Waals surface area contributed by atoms with Crippen LogP contribution in [0.4, 0.5) is 22.7 Å². The van der Waals surface area contributed by atoms with Gasteiger partial charge in [0.25, 0.3) is 23.6 Å². The summed E-state index contributed by atoms with van der Waals surface area (Å²) in [5.41, 5.74) is 9.74. The first-order valence-corrected chi connectivity index (χ1v) is 30.0. The third-order valence-corrected chi connectivity index (χ3v) is 17.7. The maximum atomic E-state index is 14.3. The first-order valence-electron chi connectivity index (χ1n) is 29.2. The number of para-hydroxylation sites is 2. The van der Waals surface area contributed by atoms with E-state index in [2.05, 4.69) is 11.0 Å². The summed E-state index contributed by atoms with van der Waals surface area (Å²) in [4.78, 5) is 110. The number of anilines is 3. The summed E-state index contributed by atoms with van der Waals surface area (Å²) in [6, 6.07) is 29.3. The minimum atomic E-state index is -0.908. The standard InChI is InChI=1S/C65H70N6O14S/c1-40-26-49-43(14-15-46-30-44-10-6-8-12-52(44)69(46)62(49)76)32-54(40)83-37-41-27-42(38-84-56-34-51-50(33-55(56)80-5)63(77)70-48(36-66-51)31-45-11-7-9-13-53(45)70)29-47(28-41)67(20-21-81-24-25-82-23-22-79-4)39-65(2,3)86-57-35-60(74)68(64(57)78)19-18-61(75)85-71-58(72)16-17-59(71)73/h6-13,26-29,32-34,36,46,48,57H,14-25,30-31,35,37-39H2,1-5H3/t46-,48+,57?/m1/s1. The molecule has 0 N–H and O–H groups in total. The Labute approximate surface area is 503 Å². The molecule has 6 aliphatic heterocycles. The molecule has 0 spiro atoms. The highest BCUT2D eigenvalue weighted by atomic mass is 32.2. The first kappa shape index (κ1) is 59.6. The zero-order valence-corrected chi connectivity index (χ0v) is 49.8. The number of carbonyl (C=O) groups excluding carboxylic acids is 7. The number of benzene rings is 5. The van der Waals surface area contributed by atoms with Crippen LogP contribution >= 0.6 is 11.8 Å². The number of hydrogen-bond donors (Lipinski definition) is 0. The molecule has 6 aliphatic rings. The lowest BCUT2D eigenvalue weighted by Gasteiger charge is -2.35. The number of methoxy groups -OCH3 is 2. The monoisotopic (exact) mass is 1190 g/mol. The Bertz CT molecular complexity index is 3500. The van der Waals surface area contributed by atoms with E-state index >= 15 is 0 Å². The van der Waals surface area contributed by atoms with Gasteiger partial charge in [-0.3, -0.25) is 43.6 Å². The summed E-state index contributed by atoms with van der Waals surface area (Å²) in [7, 11) is 3.14. The molecule has 21 heteroatoms. The number of hydrogen-bond acceptors (Lipinski definition) is 17. The van der Waals surface area contributed by atoms with Crippen LogP contribution in [0.5, 0.6) is 17.2 Å². The van der Waals surface area contributed by atoms with Crippen LogP contribution in [-0.2, 0) is 75.5 Å². The molecule has 450 valence electrons. The predicted octanol–water partition coefficient (Wildman–Crippen LogP) is 8.09. The van der Waals surface area contributed by atoms with Crippen molar-refractivity contribution in [1.82, 2.24) is 9.96 Å². The molecule has 0 radical (unpaired) electrons. The molecule has 0 saturated carbocycles. The number of hydroxylamine groups is 2. The van der Waals surface area contributed by atoms with Gasteiger partial charge >= 0.3 is 5.97 Å². The van der Waals surface area contributed by atoms with Gasteiger partial charge in [-0.15, -0.1) is 16.8 Å². The molecule has 11 rings (SSSR count). The second-order valence-corrected chi connectivity index (χ2v) is 24.7. The van der Waals surface area contributed by atoms with Crippen molar-refractivity contribution in [1.29, 1.82) is 0 Å². The van der Waals surface area contributed by atoms with Gasteiger partial charge in [0.05, 0.1) is 69.1 Å². The summed E-state index contributed by atoms with van der Waals surface area (Å²) in [6.45, 7) is 8.53. The van der Waals surface area contributed by atoms with Gasteiger partial charge in [-0.25, -0.2) is 4.79 Å². The Morgan fingerprint density at radius 3 is 2.07 bits per heavy atom. The van der Waals surface area contributed by atoms with Gasteiger partial charge in [0.2, 0.25) is 11.8 Å². The number of likely N-dealkylation sites (tertiary alicyclic amines) is 1. The molecule has 2 saturated heterocycles. The van der Waals surface area contributed by atoms with Gasteiger partial charge in [-0.05, 0) is 122 Å². The van der Waals surface area contributed by atoms with Crippen molar-refractivity contribution in [3.8, 4) is 17.2 Å². The summed E-state index contributed by atoms with van der Waals surface area (Å²) in [5.74, 6) is -1.85. The average Bonchev–Trinajstić information content (AvgIpc) is 2.58. The second-order valence-electron chi connectivity index (χ2n) is 22.8. The van der Waals surface area contributed by atoms with Gasteiger partial charge in [-0.1, -0.05) is 36.4 Å². The van der Waals surface area contributed by atoms with E-state index in [1.54, 1.807) is 24.1 Å². The highest BCUT2D eigenvalue weighted by molar-refractivity contribution is 8.02. The van der Waals surface area contributed by atoms with E-state index in [1.165, 1.54) is 24.4 Å². The quantitative estimate of drug-likeness (QED) is 0.0399. The lowest BCUT2D eigenvalue weighted by atomic mass is 9.98. The van der Waals surface area contributed by atoms with Gasteiger partial charge in [0.1, 0.15) is 19.0 Å². The number of fused-ring (bicyclic) bond motifs is 8. The van der Waals surface area contributed by atoms with Crippen LogP contribution in [0, 0.1) is 6.92 Å². The van der Waals surface area contributed by atoms with Crippen molar-refractivity contribution in [2.75, 3.05) is 81.6 Å². The number of aliphatic imine (C=N–C) groups is 1. The van der Waals surface area contributed by atoms with Crippen LogP contribution < -0.4 is 28.9 Å². The van der Waals surface area contributed by atoms with E-state index in [0.717, 1.165) is 62.6 Å². The molecule has 86 heavy (non-hydrogen) atoms. The molecular weight excluding hydrogens is 1120 g/mol. The van der Waals surface area contributed by atoms with Crippen molar-refractivity contribution in [3.63, 3.8) is 0 Å². The van der Waals surface area contributed by atoms with Crippen LogP contribution in [-0.4, -0.2) is 147 Å². The highest BCUT2D eigenvalue weighted by Gasteiger charge is 2.44. The number of rotatable bonds is 25. The van der Waals surface area contributed by atoms with Crippen LogP contribution in [0.1, 0.15) is 100 Å². The fraction of sp³-hybridized carbons (Fsp3) is 0.415. The smallest absolute Gasteiger partial charge is 0.335 e. The van der Waals surface area contributed by atoms with Crippen LogP contribution in [0.25, 0.3) is 0 Å². The van der Waals surface area contributed by atoms with Crippen molar-refractivity contribution < 1.29 is 66.8 Å². The average molecular weight is 1190 g/mol. The molecule has 5 aromatic carbocycles. The second kappa shape index (κ2) is 25.8. The van der Waals surface area contributed by atoms with Crippen molar-refractivity contribution in [2.45, 2.75) is 107 Å². The van der Waals surface area contributed by atoms with Gasteiger partial charge in [-0.2, -0.15) is 0 Å². The van der Waals surface area contributed by atoms with Crippen LogP contribution in [0.2, 0.25) is 0 Å². The number of nitrogens with zero attached hydrogens (tertiary/aromatic N) is 6. The van der Waals surface area contributed by atoms with Gasteiger partial charge in [0, 0.05) is 98.1 Å². The predicted molar refractivity (Wildman–Crippen MR) is 322 cm³/mol. The lowest BCUT2D eigenvalue weighted by Crippen LogP contribution is -2.41. The van der Waals surface area contributed by atoms with Crippen molar-refractivity contribution >= 4 is 82.1 Å². The maximum absolute atomic E-state index is 14.3. The van der Waals surface area contributed by atoms with E-state index in [1.807, 2.05) is 105 Å². The van der Waals surface area contributed by atoms with Gasteiger partial charge < -0.3 is 43.1 Å². The van der Waals surface area contributed by atoms with E-state index in [0.29, 0.717) is 98.1 Å². The van der Waals surface area contributed by atoms with Crippen molar-refractivity contribution in [3.05, 3.63) is 136 Å². The zero-order chi connectivity index (χ0) is 60.2. The Kier molecular flexibility index (Phi) is 17.9. The molecule has 0 aliphatic carbocycles. The third kappa shape index (κ3) is 12.9. The Morgan fingerprint density at radius 1 is 0.686 bits per heavy atom. The molecule has 0 aromatic heterocycles. The number of thioether (sulfide) groups is 1. The SMILES string of the molecule is COCCOCCOCCN(CC(C)(C)SC1CC(=O)N(CCC(=O)ON2C(=O)CCC2=O)C1=O)c1cc(COc2cc3c(cc2C)C(=O)N2c4ccccc4C[C@H]2CC3)cc(COc2cc3c(cc2OC)C(=O)N2c4ccccc4C[C@H]2C=N3)c1. The largest absolute Gasteiger partial charge is 0.493 e. The normalized spacial score (nSPS) is 18.6. The molecule has 20 nitrogen and oxygen atoms in total. The Hall–Kier alpha value is -8.11. The fourth-order valence-electron chi connectivity index (χ4n) is 12.1. The fourth-order valence-corrected chi connectivity index (χ4v) is 13.6. The van der Waals surface area contributed by atoms with E-state index in [9.17, 15) is 33.6 Å². The highest BCUT2D eigenvalue weighted by Crippen LogP contribution is 2.43. The molecule has 0 bridgehead atoms. The molecular formula is C65H70N6O14S. The number of imide groups is 2. The van der Waals surface area contributed by atoms with E-state index in [-0.39, 0.29) is 62.9 Å². The number of carbonyl (C=O) groups is 7. The molecule has 5 aromatic rings. The summed E-state index contributed by atoms with van der Waals surface area (Å²) >= 11 is 1.35. The zero-order valence-electron chi connectivity index (χ0n) is 49.0. The minimum Gasteiger partial charge on any atom is -0.493 e. The number of amides is 6. The molecule has 2 fully saturated rings. The summed E-state index contributed by atoms with van der Waals surface area (Å²) in [6.07, 6.45) is 4.20. The van der Waals surface area contributed by atoms with E-state index < -0.39 is 46.0 Å².